The fourth-order valence-electron chi connectivity index (χ4n) is 5.00. The van der Waals surface area contributed by atoms with Gasteiger partial charge in [-0.1, -0.05) is 6.07 Å². The molecule has 2 atom stereocenters. The first kappa shape index (κ1) is 34.9. The molecule has 14 heteroatoms. The number of aliphatic hydroxyl groups is 1. The highest BCUT2D eigenvalue weighted by molar-refractivity contribution is 6.05. The molecule has 0 aliphatic carbocycles. The lowest BCUT2D eigenvalue weighted by Crippen LogP contribution is -2.55. The quantitative estimate of drug-likeness (QED) is 0.415. The van der Waals surface area contributed by atoms with E-state index in [1.165, 1.54) is 23.1 Å². The summed E-state index contributed by atoms with van der Waals surface area (Å²) in [4.78, 5) is 66.8. The number of aliphatic hydroxyl groups excluding tert-OH is 1. The number of fused-ring (bicyclic) bond motifs is 1. The zero-order chi connectivity index (χ0) is 34.7. The van der Waals surface area contributed by atoms with Gasteiger partial charge in [-0.15, -0.1) is 0 Å². The molecular formula is C33H39N5O9. The number of nitrogens with zero attached hydrogens (tertiary/aromatic N) is 3. The number of benzene rings is 2. The van der Waals surface area contributed by atoms with Crippen LogP contribution >= 0.6 is 0 Å². The Balaban J connectivity index is 1.53. The smallest absolute Gasteiger partial charge is 0.420 e. The van der Waals surface area contributed by atoms with Crippen molar-refractivity contribution < 1.29 is 43.3 Å². The molecule has 0 spiro atoms. The van der Waals surface area contributed by atoms with Gasteiger partial charge >= 0.3 is 12.2 Å². The second-order valence-electron chi connectivity index (χ2n) is 13.1. The molecule has 2 aromatic carbocycles. The van der Waals surface area contributed by atoms with Crippen molar-refractivity contribution in [3.63, 3.8) is 0 Å². The lowest BCUT2D eigenvalue weighted by Gasteiger charge is -2.36. The molecule has 0 aromatic heterocycles. The number of anilines is 3. The van der Waals surface area contributed by atoms with Gasteiger partial charge in [-0.05, 0) is 89.4 Å². The van der Waals surface area contributed by atoms with E-state index in [2.05, 4.69) is 10.6 Å². The van der Waals surface area contributed by atoms with Gasteiger partial charge in [0, 0.05) is 30.0 Å². The summed E-state index contributed by atoms with van der Waals surface area (Å²) in [6, 6.07) is 11.3. The Hall–Kier alpha value is -5.00. The number of nitrogens with one attached hydrogen (secondary N) is 2. The number of carbonyl (C=O) groups is 5. The second kappa shape index (κ2) is 13.8. The highest BCUT2D eigenvalue weighted by atomic mass is 16.6. The summed E-state index contributed by atoms with van der Waals surface area (Å²) in [6.07, 6.45) is -4.75. The minimum Gasteiger partial charge on any atom is -0.443 e. The van der Waals surface area contributed by atoms with Gasteiger partial charge in [0.15, 0.2) is 12.2 Å². The molecule has 0 saturated carbocycles. The zero-order valence-corrected chi connectivity index (χ0v) is 27.2. The van der Waals surface area contributed by atoms with Crippen molar-refractivity contribution in [1.29, 1.82) is 5.26 Å². The molecule has 2 heterocycles. The van der Waals surface area contributed by atoms with E-state index in [4.69, 9.17) is 14.2 Å². The monoisotopic (exact) mass is 649 g/mol. The van der Waals surface area contributed by atoms with Crippen molar-refractivity contribution in [3.05, 3.63) is 53.1 Å². The van der Waals surface area contributed by atoms with Crippen LogP contribution in [-0.2, 0) is 41.6 Å². The fourth-order valence-corrected chi connectivity index (χ4v) is 5.00. The average Bonchev–Trinajstić information content (AvgIpc) is 2.97. The normalized spacial score (nSPS) is 17.1. The third-order valence-electron chi connectivity index (χ3n) is 7.04. The Morgan fingerprint density at radius 2 is 1.74 bits per heavy atom. The number of morpholine rings is 1. The molecule has 2 aromatic rings. The number of nitriles is 1. The number of hydrogen-bond acceptors (Lipinski definition) is 10. The van der Waals surface area contributed by atoms with Crippen LogP contribution in [0.15, 0.2) is 36.4 Å². The number of carbonyl (C=O) groups excluding carboxylic acids is 5. The first-order valence-electron chi connectivity index (χ1n) is 15.1. The van der Waals surface area contributed by atoms with Crippen molar-refractivity contribution >= 4 is 47.0 Å². The molecule has 5 amide bonds. The summed E-state index contributed by atoms with van der Waals surface area (Å²) in [5.41, 5.74) is 0.446. The van der Waals surface area contributed by atoms with E-state index in [-0.39, 0.29) is 42.3 Å². The topological polar surface area (TPSA) is 188 Å². The van der Waals surface area contributed by atoms with Gasteiger partial charge in [-0.2, -0.15) is 5.26 Å². The van der Waals surface area contributed by atoms with E-state index in [0.717, 1.165) is 5.56 Å². The summed E-state index contributed by atoms with van der Waals surface area (Å²) >= 11 is 0. The van der Waals surface area contributed by atoms with Gasteiger partial charge in [-0.3, -0.25) is 14.4 Å². The minimum atomic E-state index is -1.91. The lowest BCUT2D eigenvalue weighted by molar-refractivity contribution is -0.150. The van der Waals surface area contributed by atoms with Crippen LogP contribution < -0.4 is 15.5 Å². The Morgan fingerprint density at radius 3 is 2.36 bits per heavy atom. The molecule has 1 fully saturated rings. The number of imide groups is 1. The molecular weight excluding hydrogens is 610 g/mol. The molecule has 3 N–H and O–H groups in total. The molecule has 0 radical (unpaired) electrons. The van der Waals surface area contributed by atoms with Crippen molar-refractivity contribution in [1.82, 2.24) is 4.90 Å². The molecule has 250 valence electrons. The third kappa shape index (κ3) is 8.63. The van der Waals surface area contributed by atoms with E-state index in [1.54, 1.807) is 59.7 Å². The summed E-state index contributed by atoms with van der Waals surface area (Å²) < 4.78 is 16.3. The minimum absolute atomic E-state index is 0.0446. The average molecular weight is 650 g/mol. The van der Waals surface area contributed by atoms with Crippen LogP contribution in [0.1, 0.15) is 64.7 Å². The predicted molar refractivity (Wildman–Crippen MR) is 169 cm³/mol. The maximum Gasteiger partial charge on any atom is 0.420 e. The number of rotatable bonds is 6. The van der Waals surface area contributed by atoms with E-state index < -0.39 is 54.0 Å². The van der Waals surface area contributed by atoms with Crippen LogP contribution in [-0.4, -0.2) is 76.5 Å². The predicted octanol–water partition coefficient (Wildman–Crippen LogP) is 3.85. The standard InChI is InChI=1S/C33H39N5O9/c1-32(2,3)46-30(43)38(31(44)47-33(4,5)6)18-20-16-21(11-10-19(20)17-34)35-28(41)26(40)27-29(42)37(14-15-45-27)24-9-7-8-23-22(24)12-13-25(39)36-23/h7-11,16,26-27,40H,12-15,18H2,1-6H3,(H,35,41)(H,36,39)/t26-,27-/m1/s1. The Kier molecular flexibility index (Phi) is 10.2. The third-order valence-corrected chi connectivity index (χ3v) is 7.04. The summed E-state index contributed by atoms with van der Waals surface area (Å²) in [6.45, 7) is 9.59. The molecule has 0 bridgehead atoms. The molecule has 2 aliphatic rings. The van der Waals surface area contributed by atoms with Gasteiger partial charge in [0.2, 0.25) is 5.91 Å². The van der Waals surface area contributed by atoms with Gasteiger partial charge < -0.3 is 34.9 Å². The van der Waals surface area contributed by atoms with Crippen LogP contribution in [0.5, 0.6) is 0 Å². The zero-order valence-electron chi connectivity index (χ0n) is 27.2. The van der Waals surface area contributed by atoms with Crippen molar-refractivity contribution in [2.24, 2.45) is 0 Å². The Bertz CT molecular complexity index is 1590. The Labute approximate surface area is 272 Å². The van der Waals surface area contributed by atoms with Crippen LogP contribution in [0.25, 0.3) is 0 Å². The highest BCUT2D eigenvalue weighted by Gasteiger charge is 2.40. The lowest BCUT2D eigenvalue weighted by atomic mass is 9.99. The van der Waals surface area contributed by atoms with Crippen molar-refractivity contribution in [2.45, 2.75) is 84.3 Å². The van der Waals surface area contributed by atoms with Crippen LogP contribution in [0.3, 0.4) is 0 Å². The summed E-state index contributed by atoms with van der Waals surface area (Å²) in [7, 11) is 0. The summed E-state index contributed by atoms with van der Waals surface area (Å²) in [5.74, 6) is -1.71. The molecule has 1 saturated heterocycles. The van der Waals surface area contributed by atoms with E-state index in [0.29, 0.717) is 22.7 Å². The fraction of sp³-hybridized carbons (Fsp3) is 0.455. The van der Waals surface area contributed by atoms with Crippen LogP contribution in [0.4, 0.5) is 26.7 Å². The van der Waals surface area contributed by atoms with Gasteiger partial charge in [0.05, 0.1) is 24.8 Å². The van der Waals surface area contributed by atoms with E-state index in [9.17, 15) is 34.3 Å². The second-order valence-corrected chi connectivity index (χ2v) is 13.1. The van der Waals surface area contributed by atoms with E-state index in [1.807, 2.05) is 6.07 Å². The summed E-state index contributed by atoms with van der Waals surface area (Å²) in [5, 5.41) is 26.0. The van der Waals surface area contributed by atoms with Crippen molar-refractivity contribution in [3.8, 4) is 6.07 Å². The molecule has 4 rings (SSSR count). The molecule has 0 unspecified atom stereocenters. The first-order valence-corrected chi connectivity index (χ1v) is 15.1. The number of ether oxygens (including phenoxy) is 3. The number of hydrogen-bond donors (Lipinski definition) is 3. The number of amides is 5. The first-order chi connectivity index (χ1) is 22.0. The molecule has 47 heavy (non-hydrogen) atoms. The SMILES string of the molecule is CC(C)(C)OC(=O)N(Cc1cc(NC(=O)[C@H](O)[C@H]2OCCN(c3cccc4c3CCC(=O)N4)C2=O)ccc1C#N)C(=O)OC(C)(C)C. The van der Waals surface area contributed by atoms with Crippen LogP contribution in [0, 0.1) is 11.3 Å². The Morgan fingerprint density at radius 1 is 1.09 bits per heavy atom. The van der Waals surface area contributed by atoms with Gasteiger partial charge in [0.1, 0.15) is 11.2 Å². The molecule has 2 aliphatic heterocycles. The van der Waals surface area contributed by atoms with Gasteiger partial charge in [0.25, 0.3) is 11.8 Å². The largest absolute Gasteiger partial charge is 0.443 e. The van der Waals surface area contributed by atoms with E-state index >= 15 is 0 Å². The van der Waals surface area contributed by atoms with Gasteiger partial charge in [-0.25, -0.2) is 14.5 Å². The highest BCUT2D eigenvalue weighted by Crippen LogP contribution is 2.33. The maximum absolute atomic E-state index is 13.5. The molecule has 14 nitrogen and oxygen atoms in total. The maximum atomic E-state index is 13.5. The van der Waals surface area contributed by atoms with Crippen molar-refractivity contribution in [2.75, 3.05) is 28.7 Å². The van der Waals surface area contributed by atoms with Crippen LogP contribution in [0.2, 0.25) is 0 Å².